The standard InChI is InChI=1S/C22H10O6/c23-19-15-5-1-3-13(17(15)21(25)27-19)11-7-9-12(10-8-11)14-4-2-6-16-18(14)22(26)28-20(16)24/h1-10H. The number of hydrogen-bond acceptors (Lipinski definition) is 6. The molecule has 0 aliphatic carbocycles. The first-order chi connectivity index (χ1) is 13.5. The summed E-state index contributed by atoms with van der Waals surface area (Å²) in [6.07, 6.45) is 0. The molecule has 0 unspecified atom stereocenters. The van der Waals surface area contributed by atoms with Crippen molar-refractivity contribution in [2.24, 2.45) is 0 Å². The van der Waals surface area contributed by atoms with Gasteiger partial charge in [0.15, 0.2) is 0 Å². The van der Waals surface area contributed by atoms with Crippen LogP contribution in [0.1, 0.15) is 41.4 Å². The van der Waals surface area contributed by atoms with E-state index in [1.807, 2.05) is 0 Å². The van der Waals surface area contributed by atoms with E-state index in [2.05, 4.69) is 0 Å². The molecule has 6 heteroatoms. The average Bonchev–Trinajstić information content (AvgIpc) is 3.17. The van der Waals surface area contributed by atoms with E-state index in [1.54, 1.807) is 60.7 Å². The molecule has 0 saturated heterocycles. The van der Waals surface area contributed by atoms with Gasteiger partial charge in [-0.15, -0.1) is 0 Å². The smallest absolute Gasteiger partial charge is 0.347 e. The first kappa shape index (κ1) is 16.1. The summed E-state index contributed by atoms with van der Waals surface area (Å²) < 4.78 is 9.40. The summed E-state index contributed by atoms with van der Waals surface area (Å²) in [5.41, 5.74) is 3.60. The number of rotatable bonds is 2. The van der Waals surface area contributed by atoms with E-state index in [0.717, 1.165) is 11.1 Å². The lowest BCUT2D eigenvalue weighted by molar-refractivity contribution is 0.0426. The molecule has 6 nitrogen and oxygen atoms in total. The first-order valence-electron chi connectivity index (χ1n) is 8.44. The largest absolute Gasteiger partial charge is 0.386 e. The highest BCUT2D eigenvalue weighted by Crippen LogP contribution is 2.35. The monoisotopic (exact) mass is 370 g/mol. The Morgan fingerprint density at radius 2 is 0.786 bits per heavy atom. The highest BCUT2D eigenvalue weighted by molar-refractivity contribution is 6.19. The normalized spacial score (nSPS) is 14.6. The third-order valence-electron chi connectivity index (χ3n) is 4.85. The van der Waals surface area contributed by atoms with Gasteiger partial charge < -0.3 is 9.47 Å². The van der Waals surface area contributed by atoms with E-state index < -0.39 is 23.9 Å². The van der Waals surface area contributed by atoms with Crippen molar-refractivity contribution in [2.45, 2.75) is 0 Å². The van der Waals surface area contributed by atoms with Gasteiger partial charge in [0.1, 0.15) is 0 Å². The Hall–Kier alpha value is -4.06. The molecule has 0 N–H and O–H groups in total. The van der Waals surface area contributed by atoms with E-state index in [1.165, 1.54) is 0 Å². The van der Waals surface area contributed by atoms with E-state index >= 15 is 0 Å². The summed E-state index contributed by atoms with van der Waals surface area (Å²) in [6, 6.07) is 17.1. The predicted molar refractivity (Wildman–Crippen MR) is 96.8 cm³/mol. The van der Waals surface area contributed by atoms with Crippen molar-refractivity contribution in [1.29, 1.82) is 0 Å². The molecule has 134 valence electrons. The maximum Gasteiger partial charge on any atom is 0.347 e. The van der Waals surface area contributed by atoms with Crippen molar-refractivity contribution in [3.05, 3.63) is 82.9 Å². The Kier molecular flexibility index (Phi) is 3.30. The molecule has 0 bridgehead atoms. The molecule has 2 aliphatic rings. The molecule has 0 amide bonds. The van der Waals surface area contributed by atoms with Crippen LogP contribution in [0.4, 0.5) is 0 Å². The minimum absolute atomic E-state index is 0.244. The van der Waals surface area contributed by atoms with Crippen LogP contribution < -0.4 is 0 Å². The number of carbonyl (C=O) groups is 4. The Morgan fingerprint density at radius 3 is 1.18 bits per heavy atom. The first-order valence-corrected chi connectivity index (χ1v) is 8.44. The zero-order chi connectivity index (χ0) is 19.4. The quantitative estimate of drug-likeness (QED) is 0.506. The van der Waals surface area contributed by atoms with Gasteiger partial charge in [-0.2, -0.15) is 0 Å². The lowest BCUT2D eigenvalue weighted by Gasteiger charge is -2.09. The van der Waals surface area contributed by atoms with Crippen molar-refractivity contribution >= 4 is 23.9 Å². The van der Waals surface area contributed by atoms with Gasteiger partial charge in [0.05, 0.1) is 22.3 Å². The van der Waals surface area contributed by atoms with Crippen LogP contribution in [0.3, 0.4) is 0 Å². The molecule has 28 heavy (non-hydrogen) atoms. The number of ether oxygens (including phenoxy) is 2. The number of benzene rings is 3. The topological polar surface area (TPSA) is 86.7 Å². The molecule has 0 fully saturated rings. The van der Waals surface area contributed by atoms with E-state index in [9.17, 15) is 19.2 Å². The maximum atomic E-state index is 12.0. The van der Waals surface area contributed by atoms with Gasteiger partial charge in [0, 0.05) is 0 Å². The summed E-state index contributed by atoms with van der Waals surface area (Å²) in [7, 11) is 0. The van der Waals surface area contributed by atoms with Crippen LogP contribution in [0.5, 0.6) is 0 Å². The highest BCUT2D eigenvalue weighted by atomic mass is 16.6. The van der Waals surface area contributed by atoms with Crippen molar-refractivity contribution in [2.75, 3.05) is 0 Å². The number of hydrogen-bond donors (Lipinski definition) is 0. The predicted octanol–water partition coefficient (Wildman–Crippen LogP) is 3.64. The summed E-state index contributed by atoms with van der Waals surface area (Å²) in [6.45, 7) is 0. The molecule has 0 radical (unpaired) electrons. The van der Waals surface area contributed by atoms with Crippen molar-refractivity contribution in [3.63, 3.8) is 0 Å². The molecular weight excluding hydrogens is 360 g/mol. The van der Waals surface area contributed by atoms with Crippen molar-refractivity contribution in [1.82, 2.24) is 0 Å². The Bertz CT molecular complexity index is 1120. The Labute approximate surface area is 158 Å². The van der Waals surface area contributed by atoms with Crippen LogP contribution in [-0.2, 0) is 9.47 Å². The van der Waals surface area contributed by atoms with Crippen LogP contribution in [0.15, 0.2) is 60.7 Å². The van der Waals surface area contributed by atoms with Crippen LogP contribution >= 0.6 is 0 Å². The second kappa shape index (κ2) is 5.72. The summed E-state index contributed by atoms with van der Waals surface area (Å²) >= 11 is 0. The molecule has 5 rings (SSSR count). The minimum atomic E-state index is -0.665. The minimum Gasteiger partial charge on any atom is -0.386 e. The van der Waals surface area contributed by atoms with Gasteiger partial charge in [-0.25, -0.2) is 19.2 Å². The van der Waals surface area contributed by atoms with Gasteiger partial charge in [-0.3, -0.25) is 0 Å². The van der Waals surface area contributed by atoms with Crippen LogP contribution in [0.2, 0.25) is 0 Å². The fourth-order valence-electron chi connectivity index (χ4n) is 3.58. The number of carbonyl (C=O) groups excluding carboxylic acids is 4. The fraction of sp³-hybridized carbons (Fsp3) is 0. The molecule has 2 heterocycles. The molecule has 0 saturated carbocycles. The van der Waals surface area contributed by atoms with E-state index in [0.29, 0.717) is 11.1 Å². The van der Waals surface area contributed by atoms with Gasteiger partial charge in [0.2, 0.25) is 0 Å². The molecule has 2 aliphatic heterocycles. The van der Waals surface area contributed by atoms with Gasteiger partial charge in [0.25, 0.3) is 0 Å². The molecule has 0 spiro atoms. The fourth-order valence-corrected chi connectivity index (χ4v) is 3.58. The van der Waals surface area contributed by atoms with Crippen molar-refractivity contribution < 1.29 is 28.7 Å². The Morgan fingerprint density at radius 1 is 0.429 bits per heavy atom. The zero-order valence-electron chi connectivity index (χ0n) is 14.2. The Balaban J connectivity index is 1.60. The third kappa shape index (κ3) is 2.21. The van der Waals surface area contributed by atoms with E-state index in [4.69, 9.17) is 9.47 Å². The second-order valence-corrected chi connectivity index (χ2v) is 6.39. The molecule has 0 atom stereocenters. The SMILES string of the molecule is O=C1OC(=O)c2c1cccc2-c1ccc(-c2cccc3c2C(=O)OC3=O)cc1. The summed E-state index contributed by atoms with van der Waals surface area (Å²) in [4.78, 5) is 47.6. The number of cyclic esters (lactones) is 4. The van der Waals surface area contributed by atoms with Gasteiger partial charge >= 0.3 is 23.9 Å². The lowest BCUT2D eigenvalue weighted by Crippen LogP contribution is -1.99. The van der Waals surface area contributed by atoms with Crippen molar-refractivity contribution in [3.8, 4) is 22.3 Å². The average molecular weight is 370 g/mol. The number of fused-ring (bicyclic) bond motifs is 2. The summed E-state index contributed by atoms with van der Waals surface area (Å²) in [5.74, 6) is -2.63. The van der Waals surface area contributed by atoms with Gasteiger partial charge in [-0.05, 0) is 34.4 Å². The third-order valence-corrected chi connectivity index (χ3v) is 4.85. The van der Waals surface area contributed by atoms with Crippen LogP contribution in [0.25, 0.3) is 22.3 Å². The summed E-state index contributed by atoms with van der Waals surface area (Å²) in [5, 5.41) is 0. The molecule has 3 aromatic carbocycles. The number of esters is 4. The van der Waals surface area contributed by atoms with Gasteiger partial charge in [-0.1, -0.05) is 48.5 Å². The maximum absolute atomic E-state index is 12.0. The molecule has 3 aromatic rings. The molecular formula is C22H10O6. The van der Waals surface area contributed by atoms with Crippen LogP contribution in [0, 0.1) is 0 Å². The highest BCUT2D eigenvalue weighted by Gasteiger charge is 2.33. The molecule has 0 aromatic heterocycles. The zero-order valence-corrected chi connectivity index (χ0v) is 14.2. The second-order valence-electron chi connectivity index (χ2n) is 6.39. The lowest BCUT2D eigenvalue weighted by atomic mass is 9.93. The van der Waals surface area contributed by atoms with Crippen LogP contribution in [-0.4, -0.2) is 23.9 Å². The van der Waals surface area contributed by atoms with E-state index in [-0.39, 0.29) is 22.3 Å².